The molecule has 88 valence electrons. The van der Waals surface area contributed by atoms with Gasteiger partial charge in [-0.05, 0) is 11.6 Å². The van der Waals surface area contributed by atoms with Crippen molar-refractivity contribution < 1.29 is 14.5 Å². The monoisotopic (exact) mass is 235 g/mol. The van der Waals surface area contributed by atoms with E-state index in [4.69, 9.17) is 11.0 Å². The predicted octanol–water partition coefficient (Wildman–Crippen LogP) is 0.712. The van der Waals surface area contributed by atoms with E-state index >= 15 is 0 Å². The molecule has 1 rings (SSSR count). The summed E-state index contributed by atoms with van der Waals surface area (Å²) in [5.74, 6) is -0.927. The van der Waals surface area contributed by atoms with E-state index in [-0.39, 0.29) is 17.7 Å². The molecule has 0 saturated heterocycles. The first kappa shape index (κ1) is 12.6. The third-order valence-electron chi connectivity index (χ3n) is 2.19. The fourth-order valence-electron chi connectivity index (χ4n) is 1.39. The van der Waals surface area contributed by atoms with Crippen LogP contribution < -0.4 is 5.73 Å². The Morgan fingerprint density at radius 2 is 2.29 bits per heavy atom. The van der Waals surface area contributed by atoms with Gasteiger partial charge in [-0.2, -0.15) is 5.26 Å². The number of rotatable bonds is 3. The molecule has 0 aliphatic carbocycles. The molecule has 0 bridgehead atoms. The maximum absolute atomic E-state index is 11.5. The molecular weight excluding hydrogens is 226 g/mol. The first-order valence-electron chi connectivity index (χ1n) is 4.55. The number of hydrogen-bond donors (Lipinski definition) is 1. The number of esters is 1. The molecule has 0 amide bonds. The van der Waals surface area contributed by atoms with Gasteiger partial charge in [0.2, 0.25) is 0 Å². The van der Waals surface area contributed by atoms with E-state index < -0.39 is 16.6 Å². The highest BCUT2D eigenvalue weighted by molar-refractivity contribution is 5.97. The van der Waals surface area contributed by atoms with Gasteiger partial charge < -0.3 is 10.5 Å². The van der Waals surface area contributed by atoms with Gasteiger partial charge in [0.05, 0.1) is 17.6 Å². The largest absolute Gasteiger partial charge is 0.465 e. The number of methoxy groups -OCH3 is 1. The van der Waals surface area contributed by atoms with Gasteiger partial charge in [-0.15, -0.1) is 0 Å². The number of ether oxygens (including phenoxy) is 1. The zero-order valence-corrected chi connectivity index (χ0v) is 8.97. The van der Waals surface area contributed by atoms with E-state index in [1.807, 2.05) is 0 Å². The van der Waals surface area contributed by atoms with Crippen LogP contribution >= 0.6 is 0 Å². The number of nitro groups is 1. The van der Waals surface area contributed by atoms with Gasteiger partial charge in [0.1, 0.15) is 6.07 Å². The van der Waals surface area contributed by atoms with Crippen LogP contribution in [0.5, 0.6) is 0 Å². The molecule has 0 saturated carbocycles. The number of nitrogens with two attached hydrogens (primary N) is 1. The van der Waals surface area contributed by atoms with Gasteiger partial charge in [-0.3, -0.25) is 10.1 Å². The molecule has 17 heavy (non-hydrogen) atoms. The zero-order chi connectivity index (χ0) is 13.0. The van der Waals surface area contributed by atoms with Crippen LogP contribution in [0.2, 0.25) is 0 Å². The highest BCUT2D eigenvalue weighted by atomic mass is 16.6. The second kappa shape index (κ2) is 5.05. The average Bonchev–Trinajstić information content (AvgIpc) is 2.35. The van der Waals surface area contributed by atoms with E-state index in [1.165, 1.54) is 6.07 Å². The standard InChI is InChI=1S/C10H9N3O4/c1-17-10(14)9-7(5-12)6(4-11)2-3-8(9)13(15)16/h2-3H,4,11H2,1H3. The molecule has 0 spiro atoms. The summed E-state index contributed by atoms with van der Waals surface area (Å²) in [5.41, 5.74) is 4.81. The minimum Gasteiger partial charge on any atom is -0.465 e. The number of nitro benzene ring substituents is 1. The van der Waals surface area contributed by atoms with E-state index in [0.29, 0.717) is 5.56 Å². The molecule has 2 N–H and O–H groups in total. The van der Waals surface area contributed by atoms with Gasteiger partial charge in [0.25, 0.3) is 5.69 Å². The van der Waals surface area contributed by atoms with Crippen molar-refractivity contribution in [3.63, 3.8) is 0 Å². The van der Waals surface area contributed by atoms with Crippen molar-refractivity contribution in [2.45, 2.75) is 6.54 Å². The first-order valence-corrected chi connectivity index (χ1v) is 4.55. The Labute approximate surface area is 96.6 Å². The van der Waals surface area contributed by atoms with Gasteiger partial charge in [0.15, 0.2) is 5.56 Å². The fourth-order valence-corrected chi connectivity index (χ4v) is 1.39. The number of nitrogens with zero attached hydrogens (tertiary/aromatic N) is 2. The van der Waals surface area contributed by atoms with E-state index in [1.54, 1.807) is 6.07 Å². The lowest BCUT2D eigenvalue weighted by molar-refractivity contribution is -0.385. The molecule has 7 heteroatoms. The van der Waals surface area contributed by atoms with Crippen LogP contribution in [0.15, 0.2) is 12.1 Å². The van der Waals surface area contributed by atoms with Crippen LogP contribution in [0.1, 0.15) is 21.5 Å². The molecule has 0 unspecified atom stereocenters. The van der Waals surface area contributed by atoms with E-state index in [2.05, 4.69) is 4.74 Å². The topological polar surface area (TPSA) is 119 Å². The lowest BCUT2D eigenvalue weighted by atomic mass is 10.00. The summed E-state index contributed by atoms with van der Waals surface area (Å²) in [6.45, 7) is 0.00484. The molecule has 0 aliphatic rings. The maximum Gasteiger partial charge on any atom is 0.346 e. The van der Waals surface area contributed by atoms with Gasteiger partial charge in [-0.25, -0.2) is 4.79 Å². The molecule has 0 fully saturated rings. The molecule has 0 atom stereocenters. The third kappa shape index (κ3) is 2.21. The van der Waals surface area contributed by atoms with Crippen LogP contribution in [0.4, 0.5) is 5.69 Å². The zero-order valence-electron chi connectivity index (χ0n) is 8.97. The molecule has 0 radical (unpaired) electrons. The summed E-state index contributed by atoms with van der Waals surface area (Å²) < 4.78 is 4.43. The number of nitriles is 1. The Morgan fingerprint density at radius 1 is 1.65 bits per heavy atom. The van der Waals surface area contributed by atoms with Gasteiger partial charge >= 0.3 is 5.97 Å². The summed E-state index contributed by atoms with van der Waals surface area (Å²) in [6.07, 6.45) is 0. The summed E-state index contributed by atoms with van der Waals surface area (Å²) in [4.78, 5) is 21.5. The molecule has 0 aromatic heterocycles. The minimum absolute atomic E-state index is 0.00484. The van der Waals surface area contributed by atoms with E-state index in [0.717, 1.165) is 13.2 Å². The minimum atomic E-state index is -0.927. The van der Waals surface area contributed by atoms with E-state index in [9.17, 15) is 14.9 Å². The van der Waals surface area contributed by atoms with Gasteiger partial charge in [-0.1, -0.05) is 0 Å². The Morgan fingerprint density at radius 3 is 2.71 bits per heavy atom. The Balaban J connectivity index is 3.63. The normalized spacial score (nSPS) is 9.47. The number of hydrogen-bond acceptors (Lipinski definition) is 6. The Bertz CT molecular complexity index is 519. The van der Waals surface area contributed by atoms with Crippen molar-refractivity contribution >= 4 is 11.7 Å². The van der Waals surface area contributed by atoms with Crippen molar-refractivity contribution in [1.82, 2.24) is 0 Å². The number of carbonyl (C=O) groups excluding carboxylic acids is 1. The van der Waals surface area contributed by atoms with Crippen LogP contribution in [0.3, 0.4) is 0 Å². The maximum atomic E-state index is 11.5. The summed E-state index contributed by atoms with van der Waals surface area (Å²) in [6, 6.07) is 4.22. The van der Waals surface area contributed by atoms with Crippen molar-refractivity contribution in [3.05, 3.63) is 38.9 Å². The van der Waals surface area contributed by atoms with Gasteiger partial charge in [0, 0.05) is 12.6 Å². The smallest absolute Gasteiger partial charge is 0.346 e. The average molecular weight is 235 g/mol. The Kier molecular flexibility index (Phi) is 3.74. The van der Waals surface area contributed by atoms with Crippen LogP contribution in [-0.4, -0.2) is 18.0 Å². The molecule has 0 heterocycles. The lowest BCUT2D eigenvalue weighted by Gasteiger charge is -2.06. The van der Waals surface area contributed by atoms with Crippen molar-refractivity contribution in [1.29, 1.82) is 5.26 Å². The molecular formula is C10H9N3O4. The quantitative estimate of drug-likeness (QED) is 0.468. The summed E-state index contributed by atoms with van der Waals surface area (Å²) >= 11 is 0. The first-order chi connectivity index (χ1) is 8.06. The lowest BCUT2D eigenvalue weighted by Crippen LogP contribution is -2.12. The van der Waals surface area contributed by atoms with Crippen LogP contribution in [0.25, 0.3) is 0 Å². The molecule has 1 aromatic rings. The second-order valence-corrected chi connectivity index (χ2v) is 3.06. The highest BCUT2D eigenvalue weighted by Crippen LogP contribution is 2.25. The fraction of sp³-hybridized carbons (Fsp3) is 0.200. The Hall–Kier alpha value is -2.46. The van der Waals surface area contributed by atoms with Crippen molar-refractivity contribution in [2.75, 3.05) is 7.11 Å². The number of carbonyl (C=O) groups is 1. The summed E-state index contributed by atoms with van der Waals surface area (Å²) in [5, 5.41) is 19.7. The third-order valence-corrected chi connectivity index (χ3v) is 2.19. The second-order valence-electron chi connectivity index (χ2n) is 3.06. The van der Waals surface area contributed by atoms with Crippen LogP contribution in [-0.2, 0) is 11.3 Å². The molecule has 7 nitrogen and oxygen atoms in total. The number of benzene rings is 1. The molecule has 1 aromatic carbocycles. The highest BCUT2D eigenvalue weighted by Gasteiger charge is 2.26. The SMILES string of the molecule is COC(=O)c1c([N+](=O)[O-])ccc(CN)c1C#N. The summed E-state index contributed by atoms with van der Waals surface area (Å²) in [7, 11) is 1.09. The van der Waals surface area contributed by atoms with Crippen molar-refractivity contribution in [3.8, 4) is 6.07 Å². The van der Waals surface area contributed by atoms with Crippen molar-refractivity contribution in [2.24, 2.45) is 5.73 Å². The molecule has 0 aliphatic heterocycles. The predicted molar refractivity (Wildman–Crippen MR) is 57.0 cm³/mol. The van der Waals surface area contributed by atoms with Crippen LogP contribution in [0, 0.1) is 21.4 Å².